The van der Waals surface area contributed by atoms with Crippen LogP contribution in [0.15, 0.2) is 12.4 Å². The van der Waals surface area contributed by atoms with E-state index in [2.05, 4.69) is 11.1 Å². The van der Waals surface area contributed by atoms with E-state index in [9.17, 15) is 0 Å². The molecule has 1 aliphatic carbocycles. The van der Waals surface area contributed by atoms with Crippen LogP contribution in [0.4, 0.5) is 0 Å². The second-order valence-electron chi connectivity index (χ2n) is 3.14. The van der Waals surface area contributed by atoms with Crippen LogP contribution in [0.25, 0.3) is 0 Å². The van der Waals surface area contributed by atoms with Gasteiger partial charge in [0.15, 0.2) is 0 Å². The van der Waals surface area contributed by atoms with Gasteiger partial charge in [-0.05, 0) is 36.8 Å². The van der Waals surface area contributed by atoms with E-state index in [0.717, 1.165) is 18.4 Å². The summed E-state index contributed by atoms with van der Waals surface area (Å²) >= 11 is 0. The lowest BCUT2D eigenvalue weighted by Gasteiger charge is -2.15. The molecule has 0 aromatic carbocycles. The number of hydrogen-bond acceptors (Lipinski definition) is 2. The summed E-state index contributed by atoms with van der Waals surface area (Å²) in [7, 11) is 0. The first kappa shape index (κ1) is 7.30. The van der Waals surface area contributed by atoms with Gasteiger partial charge in [0.25, 0.3) is 0 Å². The Bertz CT molecular complexity index is 336. The summed E-state index contributed by atoms with van der Waals surface area (Å²) in [5.41, 5.74) is 3.28. The second kappa shape index (κ2) is 2.94. The zero-order valence-corrected chi connectivity index (χ0v) is 6.88. The fourth-order valence-electron chi connectivity index (χ4n) is 1.75. The number of hydrogen-bond donors (Lipinski definition) is 0. The molecule has 0 spiro atoms. The molecule has 0 bridgehead atoms. The molecule has 0 saturated carbocycles. The molecule has 0 saturated heterocycles. The van der Waals surface area contributed by atoms with Crippen molar-refractivity contribution in [1.82, 2.24) is 4.98 Å². The minimum atomic E-state index is 0.771. The van der Waals surface area contributed by atoms with Gasteiger partial charge in [-0.3, -0.25) is 4.98 Å². The molecule has 0 radical (unpaired) electrons. The Kier molecular flexibility index (Phi) is 1.79. The standard InChI is InChI=1S/C10H10N2/c11-5-9-7-12-6-8-3-1-2-4-10(8)9/h6-7H,1-4H2. The van der Waals surface area contributed by atoms with Crippen LogP contribution in [0.2, 0.25) is 0 Å². The Morgan fingerprint density at radius 1 is 1.25 bits per heavy atom. The molecule has 0 N–H and O–H groups in total. The molecular weight excluding hydrogens is 148 g/mol. The molecule has 1 aromatic heterocycles. The van der Waals surface area contributed by atoms with E-state index in [1.165, 1.54) is 24.0 Å². The van der Waals surface area contributed by atoms with E-state index in [0.29, 0.717) is 0 Å². The van der Waals surface area contributed by atoms with Crippen molar-refractivity contribution >= 4 is 0 Å². The molecule has 0 amide bonds. The monoisotopic (exact) mass is 158 g/mol. The van der Waals surface area contributed by atoms with Crippen LogP contribution < -0.4 is 0 Å². The number of pyridine rings is 1. The lowest BCUT2D eigenvalue weighted by Crippen LogP contribution is -2.05. The maximum absolute atomic E-state index is 8.80. The highest BCUT2D eigenvalue weighted by molar-refractivity contribution is 5.41. The minimum Gasteiger partial charge on any atom is -0.263 e. The van der Waals surface area contributed by atoms with Crippen LogP contribution in [0, 0.1) is 11.3 Å². The molecule has 2 rings (SSSR count). The quantitative estimate of drug-likeness (QED) is 0.577. The van der Waals surface area contributed by atoms with Crippen LogP contribution >= 0.6 is 0 Å². The zero-order valence-electron chi connectivity index (χ0n) is 6.88. The predicted molar refractivity (Wildman–Crippen MR) is 45.6 cm³/mol. The van der Waals surface area contributed by atoms with E-state index in [1.54, 1.807) is 6.20 Å². The topological polar surface area (TPSA) is 36.7 Å². The molecule has 0 atom stereocenters. The highest BCUT2D eigenvalue weighted by Crippen LogP contribution is 2.22. The Hall–Kier alpha value is -1.36. The fourth-order valence-corrected chi connectivity index (χ4v) is 1.75. The van der Waals surface area contributed by atoms with Crippen molar-refractivity contribution in [2.24, 2.45) is 0 Å². The van der Waals surface area contributed by atoms with Gasteiger partial charge in [-0.15, -0.1) is 0 Å². The van der Waals surface area contributed by atoms with Crippen molar-refractivity contribution in [2.75, 3.05) is 0 Å². The maximum atomic E-state index is 8.80. The van der Waals surface area contributed by atoms with Gasteiger partial charge in [0.05, 0.1) is 5.56 Å². The number of fused-ring (bicyclic) bond motifs is 1. The average molecular weight is 158 g/mol. The van der Waals surface area contributed by atoms with Crippen LogP contribution in [0.3, 0.4) is 0 Å². The van der Waals surface area contributed by atoms with E-state index in [1.807, 2.05) is 6.20 Å². The Morgan fingerprint density at radius 2 is 2.08 bits per heavy atom. The van der Waals surface area contributed by atoms with Gasteiger partial charge in [-0.2, -0.15) is 5.26 Å². The van der Waals surface area contributed by atoms with Crippen molar-refractivity contribution in [3.8, 4) is 6.07 Å². The van der Waals surface area contributed by atoms with E-state index in [4.69, 9.17) is 5.26 Å². The van der Waals surface area contributed by atoms with E-state index in [-0.39, 0.29) is 0 Å². The minimum absolute atomic E-state index is 0.771. The van der Waals surface area contributed by atoms with Gasteiger partial charge >= 0.3 is 0 Å². The predicted octanol–water partition coefficient (Wildman–Crippen LogP) is 1.83. The lowest BCUT2D eigenvalue weighted by molar-refractivity contribution is 0.680. The van der Waals surface area contributed by atoms with Crippen molar-refractivity contribution in [3.05, 3.63) is 29.1 Å². The smallest absolute Gasteiger partial charge is 0.101 e. The molecular formula is C10H10N2. The Labute approximate surface area is 71.9 Å². The molecule has 60 valence electrons. The molecule has 0 unspecified atom stereocenters. The number of aromatic nitrogens is 1. The number of nitrogens with zero attached hydrogens (tertiary/aromatic N) is 2. The molecule has 1 aliphatic rings. The van der Waals surface area contributed by atoms with Gasteiger partial charge in [-0.25, -0.2) is 0 Å². The molecule has 2 heteroatoms. The highest BCUT2D eigenvalue weighted by Gasteiger charge is 2.12. The van der Waals surface area contributed by atoms with E-state index >= 15 is 0 Å². The van der Waals surface area contributed by atoms with Crippen LogP contribution in [-0.2, 0) is 12.8 Å². The molecule has 1 aromatic rings. The van der Waals surface area contributed by atoms with Crippen LogP contribution in [-0.4, -0.2) is 4.98 Å². The normalized spacial score (nSPS) is 14.9. The van der Waals surface area contributed by atoms with Crippen molar-refractivity contribution in [1.29, 1.82) is 5.26 Å². The Balaban J connectivity index is 2.53. The number of rotatable bonds is 0. The molecule has 1 heterocycles. The van der Waals surface area contributed by atoms with Gasteiger partial charge in [0.2, 0.25) is 0 Å². The largest absolute Gasteiger partial charge is 0.263 e. The van der Waals surface area contributed by atoms with Gasteiger partial charge in [0.1, 0.15) is 6.07 Å². The second-order valence-corrected chi connectivity index (χ2v) is 3.14. The third kappa shape index (κ3) is 1.08. The zero-order chi connectivity index (χ0) is 8.39. The first-order valence-electron chi connectivity index (χ1n) is 4.27. The summed E-state index contributed by atoms with van der Waals surface area (Å²) in [6.07, 6.45) is 8.17. The first-order chi connectivity index (χ1) is 5.92. The van der Waals surface area contributed by atoms with E-state index < -0.39 is 0 Å². The van der Waals surface area contributed by atoms with Gasteiger partial charge in [0, 0.05) is 12.4 Å². The summed E-state index contributed by atoms with van der Waals surface area (Å²) in [6, 6.07) is 2.19. The molecule has 12 heavy (non-hydrogen) atoms. The third-order valence-corrected chi connectivity index (χ3v) is 2.39. The van der Waals surface area contributed by atoms with Crippen molar-refractivity contribution < 1.29 is 0 Å². The van der Waals surface area contributed by atoms with Crippen molar-refractivity contribution in [3.63, 3.8) is 0 Å². The van der Waals surface area contributed by atoms with Gasteiger partial charge < -0.3 is 0 Å². The fraction of sp³-hybridized carbons (Fsp3) is 0.400. The van der Waals surface area contributed by atoms with Crippen molar-refractivity contribution in [2.45, 2.75) is 25.7 Å². The summed E-state index contributed by atoms with van der Waals surface area (Å²) in [5.74, 6) is 0. The Morgan fingerprint density at radius 3 is 2.92 bits per heavy atom. The van der Waals surface area contributed by atoms with Gasteiger partial charge in [-0.1, -0.05) is 0 Å². The third-order valence-electron chi connectivity index (χ3n) is 2.39. The highest BCUT2D eigenvalue weighted by atomic mass is 14.6. The average Bonchev–Trinajstić information content (AvgIpc) is 2.17. The SMILES string of the molecule is N#Cc1cncc2c1CCCC2. The summed E-state index contributed by atoms with van der Waals surface area (Å²) in [4.78, 5) is 4.05. The van der Waals surface area contributed by atoms with Crippen LogP contribution in [0.1, 0.15) is 29.5 Å². The summed E-state index contributed by atoms with van der Waals surface area (Å²) in [6.45, 7) is 0. The summed E-state index contributed by atoms with van der Waals surface area (Å²) in [5, 5.41) is 8.80. The summed E-state index contributed by atoms with van der Waals surface area (Å²) < 4.78 is 0. The molecule has 0 fully saturated rings. The molecule has 0 aliphatic heterocycles. The van der Waals surface area contributed by atoms with Crippen LogP contribution in [0.5, 0.6) is 0 Å². The number of aryl methyl sites for hydroxylation is 1. The maximum Gasteiger partial charge on any atom is 0.101 e. The first-order valence-corrected chi connectivity index (χ1v) is 4.27. The number of nitriles is 1. The lowest BCUT2D eigenvalue weighted by atomic mass is 9.91. The molecule has 2 nitrogen and oxygen atoms in total.